The fourth-order valence-electron chi connectivity index (χ4n) is 2.49. The fraction of sp³-hybridized carbons (Fsp3) is 0.500. The lowest BCUT2D eigenvalue weighted by Gasteiger charge is -2.27. The van der Waals surface area contributed by atoms with Crippen molar-refractivity contribution in [3.63, 3.8) is 0 Å². The summed E-state index contributed by atoms with van der Waals surface area (Å²) in [5.41, 5.74) is 1.31. The van der Waals surface area contributed by atoms with Gasteiger partial charge in [-0.15, -0.1) is 16.4 Å². The van der Waals surface area contributed by atoms with Crippen LogP contribution in [0.5, 0.6) is 0 Å². The first-order chi connectivity index (χ1) is 10.3. The highest BCUT2D eigenvalue weighted by Crippen LogP contribution is 2.23. The van der Waals surface area contributed by atoms with E-state index in [4.69, 9.17) is 0 Å². The fourth-order valence-corrected chi connectivity index (χ4v) is 3.38. The molecular formula is C14H19N5OS. The van der Waals surface area contributed by atoms with E-state index in [0.29, 0.717) is 6.54 Å². The van der Waals surface area contributed by atoms with Crippen molar-refractivity contribution >= 4 is 17.2 Å². The van der Waals surface area contributed by atoms with E-state index in [1.165, 1.54) is 10.4 Å². The molecule has 0 unspecified atom stereocenters. The summed E-state index contributed by atoms with van der Waals surface area (Å²) in [5, 5.41) is 13.0. The van der Waals surface area contributed by atoms with Gasteiger partial charge in [-0.3, -0.25) is 9.48 Å². The third-order valence-electron chi connectivity index (χ3n) is 3.65. The molecule has 1 N–H and O–H groups in total. The molecule has 2 aromatic heterocycles. The van der Waals surface area contributed by atoms with E-state index in [9.17, 15) is 4.79 Å². The second kappa shape index (κ2) is 6.82. The Kier molecular flexibility index (Phi) is 4.62. The highest BCUT2D eigenvalue weighted by atomic mass is 32.1. The normalized spacial score (nSPS) is 14.2. The third kappa shape index (κ3) is 3.68. The molecule has 1 amide bonds. The zero-order valence-electron chi connectivity index (χ0n) is 11.9. The van der Waals surface area contributed by atoms with Crippen molar-refractivity contribution in [2.45, 2.75) is 25.9 Å². The van der Waals surface area contributed by atoms with E-state index in [1.807, 2.05) is 11.1 Å². The Balaban J connectivity index is 1.35. The number of amides is 1. The van der Waals surface area contributed by atoms with Gasteiger partial charge in [0.15, 0.2) is 0 Å². The molecule has 0 fully saturated rings. The van der Waals surface area contributed by atoms with Crippen molar-refractivity contribution in [1.29, 1.82) is 0 Å². The Morgan fingerprint density at radius 1 is 1.48 bits per heavy atom. The van der Waals surface area contributed by atoms with Gasteiger partial charge < -0.3 is 10.2 Å². The number of aromatic nitrogens is 3. The van der Waals surface area contributed by atoms with E-state index in [-0.39, 0.29) is 5.91 Å². The molecule has 0 bridgehead atoms. The molecule has 21 heavy (non-hydrogen) atoms. The topological polar surface area (TPSA) is 63.1 Å². The zero-order valence-corrected chi connectivity index (χ0v) is 12.7. The van der Waals surface area contributed by atoms with E-state index in [2.05, 4.69) is 27.1 Å². The number of rotatable bonds is 6. The first-order valence-corrected chi connectivity index (χ1v) is 8.09. The van der Waals surface area contributed by atoms with Crippen LogP contribution in [-0.2, 0) is 24.3 Å². The maximum absolute atomic E-state index is 12.2. The molecule has 0 aliphatic carbocycles. The van der Waals surface area contributed by atoms with Crippen molar-refractivity contribution in [3.05, 3.63) is 34.3 Å². The Bertz CT molecular complexity index is 580. The van der Waals surface area contributed by atoms with Crippen LogP contribution in [0.25, 0.3) is 0 Å². The van der Waals surface area contributed by atoms with Crippen LogP contribution in [-0.4, -0.2) is 45.4 Å². The van der Waals surface area contributed by atoms with Crippen LogP contribution in [0.2, 0.25) is 0 Å². The lowest BCUT2D eigenvalue weighted by Crippen LogP contribution is -2.41. The predicted octanol–water partition coefficient (Wildman–Crippen LogP) is 0.904. The van der Waals surface area contributed by atoms with Gasteiger partial charge in [-0.05, 0) is 36.4 Å². The average Bonchev–Trinajstić information content (AvgIpc) is 3.17. The molecule has 0 atom stereocenters. The second-order valence-electron chi connectivity index (χ2n) is 5.13. The number of carbonyl (C=O) groups excluding carboxylic acids is 1. The lowest BCUT2D eigenvalue weighted by molar-refractivity contribution is -0.131. The minimum Gasteiger partial charge on any atom is -0.337 e. The Morgan fingerprint density at radius 2 is 2.43 bits per heavy atom. The predicted molar refractivity (Wildman–Crippen MR) is 80.9 cm³/mol. The SMILES string of the molecule is O=C(CNCCCn1ccnn1)N1CCc2sccc2C1. The number of nitrogens with zero attached hydrogens (tertiary/aromatic N) is 4. The lowest BCUT2D eigenvalue weighted by atomic mass is 10.1. The van der Waals surface area contributed by atoms with E-state index in [0.717, 1.165) is 39.0 Å². The third-order valence-corrected chi connectivity index (χ3v) is 4.67. The van der Waals surface area contributed by atoms with Gasteiger partial charge >= 0.3 is 0 Å². The molecule has 0 saturated carbocycles. The van der Waals surface area contributed by atoms with Gasteiger partial charge in [0.25, 0.3) is 0 Å². The van der Waals surface area contributed by atoms with Crippen LogP contribution in [0.1, 0.15) is 16.9 Å². The van der Waals surface area contributed by atoms with Gasteiger partial charge in [0.1, 0.15) is 0 Å². The molecule has 7 heteroatoms. The van der Waals surface area contributed by atoms with Gasteiger partial charge in [-0.25, -0.2) is 0 Å². The maximum atomic E-state index is 12.2. The average molecular weight is 305 g/mol. The molecule has 1 aliphatic heterocycles. The van der Waals surface area contributed by atoms with Gasteiger partial charge in [0.05, 0.1) is 12.7 Å². The maximum Gasteiger partial charge on any atom is 0.236 e. The number of carbonyl (C=O) groups is 1. The summed E-state index contributed by atoms with van der Waals surface area (Å²) in [6.45, 7) is 3.65. The number of aryl methyl sites for hydroxylation is 1. The number of hydrogen-bond acceptors (Lipinski definition) is 5. The van der Waals surface area contributed by atoms with E-state index < -0.39 is 0 Å². The van der Waals surface area contributed by atoms with Gasteiger partial charge in [0.2, 0.25) is 5.91 Å². The summed E-state index contributed by atoms with van der Waals surface area (Å²) in [7, 11) is 0. The molecule has 112 valence electrons. The van der Waals surface area contributed by atoms with Crippen molar-refractivity contribution in [3.8, 4) is 0 Å². The van der Waals surface area contributed by atoms with E-state index in [1.54, 1.807) is 22.2 Å². The molecule has 6 nitrogen and oxygen atoms in total. The summed E-state index contributed by atoms with van der Waals surface area (Å²) in [4.78, 5) is 15.5. The summed E-state index contributed by atoms with van der Waals surface area (Å²) in [6, 6.07) is 2.13. The summed E-state index contributed by atoms with van der Waals surface area (Å²) < 4.78 is 1.80. The molecule has 0 saturated heterocycles. The van der Waals surface area contributed by atoms with Crippen LogP contribution in [0, 0.1) is 0 Å². The van der Waals surface area contributed by atoms with Crippen molar-refractivity contribution in [2.75, 3.05) is 19.6 Å². The first-order valence-electron chi connectivity index (χ1n) is 7.21. The molecule has 3 rings (SSSR count). The number of nitrogens with one attached hydrogen (secondary N) is 1. The largest absolute Gasteiger partial charge is 0.337 e. The summed E-state index contributed by atoms with van der Waals surface area (Å²) in [5.74, 6) is 0.188. The zero-order chi connectivity index (χ0) is 14.5. The quantitative estimate of drug-likeness (QED) is 0.806. The van der Waals surface area contributed by atoms with Crippen molar-refractivity contribution in [2.24, 2.45) is 0 Å². The monoisotopic (exact) mass is 305 g/mol. The van der Waals surface area contributed by atoms with Gasteiger partial charge in [-0.2, -0.15) is 0 Å². The Hall–Kier alpha value is -1.73. The standard InChI is InChI=1S/C14H19N5OS/c20-14(10-15-4-1-6-19-8-5-16-17-19)18-7-2-13-12(11-18)3-9-21-13/h3,5,8-9,15H,1-2,4,6-7,10-11H2. The number of thiophene rings is 1. The minimum atomic E-state index is 0.188. The van der Waals surface area contributed by atoms with Crippen molar-refractivity contribution in [1.82, 2.24) is 25.2 Å². The van der Waals surface area contributed by atoms with Crippen LogP contribution >= 0.6 is 11.3 Å². The highest BCUT2D eigenvalue weighted by Gasteiger charge is 2.20. The van der Waals surface area contributed by atoms with Crippen LogP contribution in [0.4, 0.5) is 0 Å². The molecule has 0 spiro atoms. The molecule has 0 aromatic carbocycles. The van der Waals surface area contributed by atoms with Gasteiger partial charge in [-0.1, -0.05) is 5.21 Å². The second-order valence-corrected chi connectivity index (χ2v) is 6.13. The number of fused-ring (bicyclic) bond motifs is 1. The summed E-state index contributed by atoms with van der Waals surface area (Å²) in [6.07, 6.45) is 5.44. The first kappa shape index (κ1) is 14.2. The minimum absolute atomic E-state index is 0.188. The highest BCUT2D eigenvalue weighted by molar-refractivity contribution is 7.10. The van der Waals surface area contributed by atoms with Crippen LogP contribution < -0.4 is 5.32 Å². The molecular weight excluding hydrogens is 286 g/mol. The van der Waals surface area contributed by atoms with Gasteiger partial charge in [0, 0.05) is 30.7 Å². The number of hydrogen-bond donors (Lipinski definition) is 1. The smallest absolute Gasteiger partial charge is 0.236 e. The molecule has 3 heterocycles. The Morgan fingerprint density at radius 3 is 3.29 bits per heavy atom. The molecule has 1 aliphatic rings. The van der Waals surface area contributed by atoms with E-state index >= 15 is 0 Å². The van der Waals surface area contributed by atoms with Crippen LogP contribution in [0.3, 0.4) is 0 Å². The Labute approximate surface area is 127 Å². The molecule has 0 radical (unpaired) electrons. The van der Waals surface area contributed by atoms with Crippen LogP contribution in [0.15, 0.2) is 23.8 Å². The summed E-state index contributed by atoms with van der Waals surface area (Å²) >= 11 is 1.80. The van der Waals surface area contributed by atoms with Crippen molar-refractivity contribution < 1.29 is 4.79 Å². The molecule has 2 aromatic rings.